The summed E-state index contributed by atoms with van der Waals surface area (Å²) in [6.45, 7) is 2.15. The zero-order valence-corrected chi connectivity index (χ0v) is 11.2. The lowest BCUT2D eigenvalue weighted by Crippen LogP contribution is -2.02. The predicted octanol–water partition coefficient (Wildman–Crippen LogP) is 2.43. The number of halogens is 1. The number of rotatable bonds is 4. The van der Waals surface area contributed by atoms with Gasteiger partial charge in [0.2, 0.25) is 5.88 Å². The number of hydrogen-bond donors (Lipinski definition) is 0. The molecule has 16 heavy (non-hydrogen) atoms. The summed E-state index contributed by atoms with van der Waals surface area (Å²) >= 11 is 1.94. The Morgan fingerprint density at radius 1 is 1.56 bits per heavy atom. The van der Waals surface area contributed by atoms with Crippen molar-refractivity contribution in [3.05, 3.63) is 27.5 Å². The average Bonchev–Trinajstić information content (AvgIpc) is 2.30. The van der Waals surface area contributed by atoms with Crippen LogP contribution in [0.2, 0.25) is 0 Å². The van der Waals surface area contributed by atoms with Crippen molar-refractivity contribution in [3.8, 4) is 5.88 Å². The second-order valence-electron chi connectivity index (χ2n) is 2.85. The van der Waals surface area contributed by atoms with Gasteiger partial charge in [0, 0.05) is 12.3 Å². The van der Waals surface area contributed by atoms with Gasteiger partial charge in [-0.3, -0.25) is 0 Å². The van der Waals surface area contributed by atoms with Crippen molar-refractivity contribution in [2.45, 2.75) is 6.92 Å². The van der Waals surface area contributed by atoms with Crippen LogP contribution in [0.5, 0.6) is 5.88 Å². The Hall–Kier alpha value is -1.11. The first kappa shape index (κ1) is 13.0. The van der Waals surface area contributed by atoms with E-state index in [-0.39, 0.29) is 5.97 Å². The molecule has 0 aliphatic rings. The van der Waals surface area contributed by atoms with Gasteiger partial charge in [0.15, 0.2) is 0 Å². The van der Waals surface area contributed by atoms with E-state index >= 15 is 0 Å². The van der Waals surface area contributed by atoms with Gasteiger partial charge in [-0.25, -0.2) is 9.78 Å². The second kappa shape index (κ2) is 6.47. The molecular weight excluding hydrogens is 321 g/mol. The largest absolute Gasteiger partial charge is 0.481 e. The molecule has 0 atom stereocenters. The molecule has 0 aliphatic heterocycles. The highest BCUT2D eigenvalue weighted by Crippen LogP contribution is 2.15. The molecular formula is C11H12INO3. The summed E-state index contributed by atoms with van der Waals surface area (Å²) in [4.78, 5) is 15.4. The fraction of sp³-hybridized carbons (Fsp3) is 0.273. The average molecular weight is 333 g/mol. The predicted molar refractivity (Wildman–Crippen MR) is 69.4 cm³/mol. The number of nitrogens with zero attached hydrogens (tertiary/aromatic N) is 1. The van der Waals surface area contributed by atoms with E-state index in [2.05, 4.69) is 4.98 Å². The number of methoxy groups -OCH3 is 1. The van der Waals surface area contributed by atoms with Crippen LogP contribution in [0.25, 0.3) is 6.08 Å². The first-order valence-electron chi connectivity index (χ1n) is 4.71. The maximum atomic E-state index is 11.3. The molecule has 0 spiro atoms. The summed E-state index contributed by atoms with van der Waals surface area (Å²) in [6, 6.07) is 3.56. The minimum Gasteiger partial charge on any atom is -0.481 e. The van der Waals surface area contributed by atoms with Gasteiger partial charge in [-0.15, -0.1) is 0 Å². The van der Waals surface area contributed by atoms with Gasteiger partial charge in [-0.1, -0.05) is 0 Å². The lowest BCUT2D eigenvalue weighted by molar-refractivity contribution is -0.137. The van der Waals surface area contributed by atoms with E-state index in [4.69, 9.17) is 9.47 Å². The monoisotopic (exact) mass is 333 g/mol. The Labute approximate surface area is 108 Å². The number of hydrogen-bond acceptors (Lipinski definition) is 4. The van der Waals surface area contributed by atoms with Gasteiger partial charge >= 0.3 is 5.97 Å². The number of carbonyl (C=O) groups excluding carboxylic acids is 1. The van der Waals surface area contributed by atoms with Crippen LogP contribution in [0.4, 0.5) is 0 Å². The Morgan fingerprint density at radius 3 is 2.81 bits per heavy atom. The molecule has 0 aliphatic carbocycles. The minimum atomic E-state index is -0.320. The summed E-state index contributed by atoms with van der Waals surface area (Å²) in [5, 5.41) is 0. The van der Waals surface area contributed by atoms with Crippen LogP contribution in [-0.4, -0.2) is 24.7 Å². The molecule has 0 saturated heterocycles. The molecule has 0 aromatic carbocycles. The van der Waals surface area contributed by atoms with E-state index in [9.17, 15) is 4.79 Å². The van der Waals surface area contributed by atoms with Crippen LogP contribution < -0.4 is 4.74 Å². The van der Waals surface area contributed by atoms with Gasteiger partial charge < -0.3 is 9.47 Å². The van der Waals surface area contributed by atoms with Crippen LogP contribution in [0.1, 0.15) is 12.5 Å². The molecule has 0 bridgehead atoms. The summed E-state index contributed by atoms with van der Waals surface area (Å²) in [5.41, 5.74) is 0.832. The SMILES string of the molecule is CCOC(=O)/C(I)=C/c1ccc(OC)nc1. The topological polar surface area (TPSA) is 48.4 Å². The number of carbonyl (C=O) groups is 1. The van der Waals surface area contributed by atoms with E-state index in [1.165, 1.54) is 0 Å². The van der Waals surface area contributed by atoms with E-state index in [0.717, 1.165) is 5.56 Å². The van der Waals surface area contributed by atoms with Crippen LogP contribution >= 0.6 is 22.6 Å². The zero-order valence-electron chi connectivity index (χ0n) is 9.07. The normalized spacial score (nSPS) is 11.1. The summed E-state index contributed by atoms with van der Waals surface area (Å²) in [6.07, 6.45) is 3.35. The van der Waals surface area contributed by atoms with Crippen molar-refractivity contribution in [1.82, 2.24) is 4.98 Å². The quantitative estimate of drug-likeness (QED) is 0.482. The summed E-state index contributed by atoms with van der Waals surface area (Å²) in [7, 11) is 1.56. The van der Waals surface area contributed by atoms with E-state index < -0.39 is 0 Å². The third-order valence-corrected chi connectivity index (χ3v) is 2.48. The van der Waals surface area contributed by atoms with Crippen molar-refractivity contribution in [2.24, 2.45) is 0 Å². The smallest absolute Gasteiger partial charge is 0.344 e. The highest BCUT2D eigenvalue weighted by molar-refractivity contribution is 14.1. The summed E-state index contributed by atoms with van der Waals surface area (Å²) < 4.78 is 10.3. The first-order valence-corrected chi connectivity index (χ1v) is 5.79. The molecule has 4 nitrogen and oxygen atoms in total. The number of ether oxygens (including phenoxy) is 2. The van der Waals surface area contributed by atoms with Crippen molar-refractivity contribution < 1.29 is 14.3 Å². The highest BCUT2D eigenvalue weighted by atomic mass is 127. The van der Waals surface area contributed by atoms with Crippen molar-refractivity contribution in [1.29, 1.82) is 0 Å². The Balaban J connectivity index is 2.77. The maximum absolute atomic E-state index is 11.3. The Kier molecular flexibility index (Phi) is 5.24. The van der Waals surface area contributed by atoms with Crippen LogP contribution in [0.15, 0.2) is 21.9 Å². The lowest BCUT2D eigenvalue weighted by atomic mass is 10.2. The second-order valence-corrected chi connectivity index (χ2v) is 4.01. The van der Waals surface area contributed by atoms with Crippen molar-refractivity contribution in [2.75, 3.05) is 13.7 Å². The van der Waals surface area contributed by atoms with Crippen LogP contribution in [-0.2, 0) is 9.53 Å². The number of esters is 1. The molecule has 5 heteroatoms. The van der Waals surface area contributed by atoms with Crippen LogP contribution in [0.3, 0.4) is 0 Å². The van der Waals surface area contributed by atoms with E-state index in [1.807, 2.05) is 28.7 Å². The highest BCUT2D eigenvalue weighted by Gasteiger charge is 2.06. The molecule has 0 amide bonds. The minimum absolute atomic E-state index is 0.320. The molecule has 86 valence electrons. The lowest BCUT2D eigenvalue weighted by Gasteiger charge is -2.01. The van der Waals surface area contributed by atoms with E-state index in [0.29, 0.717) is 16.1 Å². The number of aromatic nitrogens is 1. The van der Waals surface area contributed by atoms with Gasteiger partial charge in [0.05, 0.1) is 17.3 Å². The molecule has 1 aromatic heterocycles. The molecule has 1 aromatic rings. The summed E-state index contributed by atoms with van der Waals surface area (Å²) in [5.74, 6) is 0.224. The Bertz CT molecular complexity index is 387. The molecule has 0 saturated carbocycles. The molecule has 1 heterocycles. The van der Waals surface area contributed by atoms with Gasteiger partial charge in [0.1, 0.15) is 0 Å². The molecule has 0 unspecified atom stereocenters. The molecule has 1 rings (SSSR count). The molecule has 0 radical (unpaired) electrons. The third kappa shape index (κ3) is 3.80. The first-order chi connectivity index (χ1) is 7.67. The van der Waals surface area contributed by atoms with E-state index in [1.54, 1.807) is 32.4 Å². The fourth-order valence-corrected chi connectivity index (χ4v) is 1.52. The molecule has 0 N–H and O–H groups in total. The van der Waals surface area contributed by atoms with Gasteiger partial charge in [-0.2, -0.15) is 0 Å². The standard InChI is InChI=1S/C11H12INO3/c1-3-16-11(14)9(12)6-8-4-5-10(15-2)13-7-8/h4-7H,3H2,1-2H3/b9-6-. The number of pyridine rings is 1. The van der Waals surface area contributed by atoms with Crippen molar-refractivity contribution in [3.63, 3.8) is 0 Å². The van der Waals surface area contributed by atoms with Crippen molar-refractivity contribution >= 4 is 34.6 Å². The maximum Gasteiger partial charge on any atom is 0.344 e. The Morgan fingerprint density at radius 2 is 2.31 bits per heavy atom. The zero-order chi connectivity index (χ0) is 12.0. The van der Waals surface area contributed by atoms with Crippen LogP contribution in [0, 0.1) is 0 Å². The van der Waals surface area contributed by atoms with Gasteiger partial charge in [0.25, 0.3) is 0 Å². The third-order valence-electron chi connectivity index (χ3n) is 1.73. The fourth-order valence-electron chi connectivity index (χ4n) is 1.00. The van der Waals surface area contributed by atoms with Gasteiger partial charge in [-0.05, 0) is 47.2 Å². The molecule has 0 fully saturated rings.